The molecule has 0 bridgehead atoms. The van der Waals surface area contributed by atoms with E-state index in [-0.39, 0.29) is 18.3 Å². The molecule has 0 radical (unpaired) electrons. The van der Waals surface area contributed by atoms with Crippen LogP contribution in [0.15, 0.2) is 54.6 Å². The number of carbonyl (C=O) groups excluding carboxylic acids is 3. The highest BCUT2D eigenvalue weighted by Gasteiger charge is 2.23. The molecule has 2 aromatic rings. The van der Waals surface area contributed by atoms with Gasteiger partial charge in [-0.05, 0) is 24.1 Å². The second-order valence-electron chi connectivity index (χ2n) is 5.76. The Morgan fingerprint density at radius 1 is 1.00 bits per heavy atom. The minimum atomic E-state index is -0.742. The number of hydrogen-bond donors (Lipinski definition) is 2. The van der Waals surface area contributed by atoms with Crippen molar-refractivity contribution in [3.63, 3.8) is 0 Å². The average Bonchev–Trinajstić information content (AvgIpc) is 2.64. The van der Waals surface area contributed by atoms with E-state index < -0.39 is 12.1 Å². The number of ketones is 1. The lowest BCUT2D eigenvalue weighted by molar-refractivity contribution is -0.114. The highest BCUT2D eigenvalue weighted by atomic mass is 16.5. The number of benzene rings is 2. The van der Waals surface area contributed by atoms with Crippen LogP contribution >= 0.6 is 0 Å². The number of rotatable bonds is 7. The van der Waals surface area contributed by atoms with Crippen LogP contribution in [0.3, 0.4) is 0 Å². The summed E-state index contributed by atoms with van der Waals surface area (Å²) in [5.41, 5.74) is 1.62. The van der Waals surface area contributed by atoms with Crippen LogP contribution in [0.4, 0.5) is 10.5 Å². The number of Topliss-reactive ketones (excluding diaryl/α,β-unsaturated/α-hetero) is 1. The molecular formula is C20H22N2O4. The van der Waals surface area contributed by atoms with Crippen LogP contribution in [-0.2, 0) is 16.1 Å². The van der Waals surface area contributed by atoms with Gasteiger partial charge < -0.3 is 15.4 Å². The predicted octanol–water partition coefficient (Wildman–Crippen LogP) is 3.53. The standard InChI is InChI=1S/C20H22N2O4/c1-3-17(22-20(25)26-13-15-9-5-4-6-10-15)19(24)16-11-7-8-12-18(16)21-14(2)23/h4-12,17H,3,13H2,1-2H3,(H,21,23)(H,22,25)/t17-/m0/s1. The highest BCUT2D eigenvalue weighted by molar-refractivity contribution is 6.07. The van der Waals surface area contributed by atoms with E-state index in [0.29, 0.717) is 17.7 Å². The molecule has 2 rings (SSSR count). The lowest BCUT2D eigenvalue weighted by Crippen LogP contribution is -2.41. The van der Waals surface area contributed by atoms with Crippen molar-refractivity contribution < 1.29 is 19.1 Å². The number of carbonyl (C=O) groups is 3. The summed E-state index contributed by atoms with van der Waals surface area (Å²) in [4.78, 5) is 36.1. The predicted molar refractivity (Wildman–Crippen MR) is 98.9 cm³/mol. The summed E-state index contributed by atoms with van der Waals surface area (Å²) in [6, 6.07) is 15.2. The lowest BCUT2D eigenvalue weighted by atomic mass is 10.0. The second kappa shape index (κ2) is 9.36. The van der Waals surface area contributed by atoms with Gasteiger partial charge in [-0.1, -0.05) is 49.4 Å². The fraction of sp³-hybridized carbons (Fsp3) is 0.250. The van der Waals surface area contributed by atoms with Gasteiger partial charge in [-0.2, -0.15) is 0 Å². The van der Waals surface area contributed by atoms with E-state index in [1.54, 1.807) is 31.2 Å². The summed E-state index contributed by atoms with van der Waals surface area (Å²) in [5.74, 6) is -0.554. The summed E-state index contributed by atoms with van der Waals surface area (Å²) in [5, 5.41) is 5.22. The molecule has 1 atom stereocenters. The largest absolute Gasteiger partial charge is 0.445 e. The van der Waals surface area contributed by atoms with Gasteiger partial charge in [-0.25, -0.2) is 4.79 Å². The van der Waals surface area contributed by atoms with Crippen molar-refractivity contribution in [2.75, 3.05) is 5.32 Å². The van der Waals surface area contributed by atoms with Crippen molar-refractivity contribution in [2.45, 2.75) is 32.9 Å². The van der Waals surface area contributed by atoms with E-state index in [1.807, 2.05) is 30.3 Å². The number of amides is 2. The Labute approximate surface area is 152 Å². The van der Waals surface area contributed by atoms with Gasteiger partial charge in [0.05, 0.1) is 11.7 Å². The summed E-state index contributed by atoms with van der Waals surface area (Å²) in [7, 11) is 0. The molecule has 0 aliphatic heterocycles. The third-order valence-corrected chi connectivity index (χ3v) is 3.73. The molecule has 2 N–H and O–H groups in total. The molecule has 2 amide bonds. The second-order valence-corrected chi connectivity index (χ2v) is 5.76. The van der Waals surface area contributed by atoms with Crippen LogP contribution in [0.25, 0.3) is 0 Å². The molecule has 0 aliphatic rings. The maximum absolute atomic E-state index is 12.8. The molecule has 0 aromatic heterocycles. The molecule has 0 saturated carbocycles. The number of alkyl carbamates (subject to hydrolysis) is 1. The smallest absolute Gasteiger partial charge is 0.408 e. The molecule has 0 heterocycles. The summed E-state index contributed by atoms with van der Waals surface area (Å²) in [6.07, 6.45) is -0.265. The van der Waals surface area contributed by atoms with E-state index in [4.69, 9.17) is 4.74 Å². The number of ether oxygens (including phenoxy) is 1. The molecule has 6 heteroatoms. The quantitative estimate of drug-likeness (QED) is 0.745. The number of para-hydroxylation sites is 1. The molecule has 6 nitrogen and oxygen atoms in total. The molecule has 2 aromatic carbocycles. The Hall–Kier alpha value is -3.15. The molecule has 136 valence electrons. The third kappa shape index (κ3) is 5.44. The lowest BCUT2D eigenvalue weighted by Gasteiger charge is -2.18. The van der Waals surface area contributed by atoms with E-state index in [2.05, 4.69) is 10.6 Å². The van der Waals surface area contributed by atoms with Gasteiger partial charge in [-0.3, -0.25) is 9.59 Å². The fourth-order valence-corrected chi connectivity index (χ4v) is 2.44. The van der Waals surface area contributed by atoms with Crippen LogP contribution in [-0.4, -0.2) is 23.8 Å². The maximum Gasteiger partial charge on any atom is 0.408 e. The van der Waals surface area contributed by atoms with Crippen molar-refractivity contribution in [1.82, 2.24) is 5.32 Å². The minimum absolute atomic E-state index is 0.125. The summed E-state index contributed by atoms with van der Waals surface area (Å²) < 4.78 is 5.17. The van der Waals surface area contributed by atoms with Crippen LogP contribution in [0.5, 0.6) is 0 Å². The van der Waals surface area contributed by atoms with Gasteiger partial charge >= 0.3 is 6.09 Å². The first-order valence-corrected chi connectivity index (χ1v) is 8.39. The van der Waals surface area contributed by atoms with E-state index >= 15 is 0 Å². The van der Waals surface area contributed by atoms with Crippen molar-refractivity contribution in [3.8, 4) is 0 Å². The Balaban J connectivity index is 2.02. The van der Waals surface area contributed by atoms with Crippen LogP contribution in [0, 0.1) is 0 Å². The molecular weight excluding hydrogens is 332 g/mol. The first-order valence-electron chi connectivity index (χ1n) is 8.39. The molecule has 26 heavy (non-hydrogen) atoms. The number of hydrogen-bond acceptors (Lipinski definition) is 4. The Bertz CT molecular complexity index is 774. The molecule has 0 saturated heterocycles. The highest BCUT2D eigenvalue weighted by Crippen LogP contribution is 2.18. The third-order valence-electron chi connectivity index (χ3n) is 3.73. The van der Waals surface area contributed by atoms with Crippen molar-refractivity contribution in [2.24, 2.45) is 0 Å². The van der Waals surface area contributed by atoms with Crippen molar-refractivity contribution in [3.05, 3.63) is 65.7 Å². The van der Waals surface area contributed by atoms with Crippen LogP contribution < -0.4 is 10.6 Å². The Kier molecular flexibility index (Phi) is 6.91. The SMILES string of the molecule is CC[C@H](NC(=O)OCc1ccccc1)C(=O)c1ccccc1NC(C)=O. The molecule has 0 spiro atoms. The monoisotopic (exact) mass is 354 g/mol. The van der Waals surface area contributed by atoms with Gasteiger partial charge in [0, 0.05) is 12.5 Å². The zero-order valence-corrected chi connectivity index (χ0v) is 14.8. The summed E-state index contributed by atoms with van der Waals surface area (Å²) in [6.45, 7) is 3.29. The number of nitrogens with one attached hydrogen (secondary N) is 2. The normalized spacial score (nSPS) is 11.3. The van der Waals surface area contributed by atoms with Crippen LogP contribution in [0.1, 0.15) is 36.2 Å². The van der Waals surface area contributed by atoms with Crippen molar-refractivity contribution in [1.29, 1.82) is 0 Å². The zero-order valence-electron chi connectivity index (χ0n) is 14.8. The Morgan fingerprint density at radius 2 is 1.65 bits per heavy atom. The minimum Gasteiger partial charge on any atom is -0.445 e. The number of anilines is 1. The van der Waals surface area contributed by atoms with E-state index in [9.17, 15) is 14.4 Å². The zero-order chi connectivity index (χ0) is 18.9. The average molecular weight is 354 g/mol. The Morgan fingerprint density at radius 3 is 2.31 bits per heavy atom. The van der Waals surface area contributed by atoms with Gasteiger partial charge in [-0.15, -0.1) is 0 Å². The van der Waals surface area contributed by atoms with E-state index in [1.165, 1.54) is 6.92 Å². The summed E-state index contributed by atoms with van der Waals surface area (Å²) >= 11 is 0. The molecule has 0 aliphatic carbocycles. The van der Waals surface area contributed by atoms with E-state index in [0.717, 1.165) is 5.56 Å². The fourth-order valence-electron chi connectivity index (χ4n) is 2.44. The first kappa shape index (κ1) is 19.2. The molecule has 0 unspecified atom stereocenters. The van der Waals surface area contributed by atoms with Gasteiger partial charge in [0.1, 0.15) is 6.61 Å². The van der Waals surface area contributed by atoms with Crippen molar-refractivity contribution >= 4 is 23.5 Å². The van der Waals surface area contributed by atoms with Gasteiger partial charge in [0.15, 0.2) is 5.78 Å². The first-order chi connectivity index (χ1) is 12.5. The maximum atomic E-state index is 12.8. The van der Waals surface area contributed by atoms with Crippen LogP contribution in [0.2, 0.25) is 0 Å². The topological polar surface area (TPSA) is 84.5 Å². The van der Waals surface area contributed by atoms with Gasteiger partial charge in [0.25, 0.3) is 0 Å². The van der Waals surface area contributed by atoms with Gasteiger partial charge in [0.2, 0.25) is 5.91 Å². The molecule has 0 fully saturated rings.